The molecule has 0 aromatic rings. The standard InChI is InChI=1S/C4H7BrO3.Na/c1-8-2-3(5)4(6)7;/h3H,2H2,1H3,(H,6,7);/q;+1/p-1. The van der Waals surface area contributed by atoms with E-state index in [0.29, 0.717) is 0 Å². The van der Waals surface area contributed by atoms with Crippen molar-refractivity contribution in [2.45, 2.75) is 4.83 Å². The van der Waals surface area contributed by atoms with Crippen LogP contribution in [0.15, 0.2) is 0 Å². The molecule has 0 fully saturated rings. The van der Waals surface area contributed by atoms with Gasteiger partial charge in [-0.05, 0) is 0 Å². The summed E-state index contributed by atoms with van der Waals surface area (Å²) in [6, 6.07) is 0. The van der Waals surface area contributed by atoms with Gasteiger partial charge in [-0.2, -0.15) is 0 Å². The minimum Gasteiger partial charge on any atom is -0.549 e. The van der Waals surface area contributed by atoms with E-state index >= 15 is 0 Å². The smallest absolute Gasteiger partial charge is 0.549 e. The van der Waals surface area contributed by atoms with Gasteiger partial charge >= 0.3 is 29.6 Å². The van der Waals surface area contributed by atoms with Crippen LogP contribution in [0.5, 0.6) is 0 Å². The van der Waals surface area contributed by atoms with E-state index in [2.05, 4.69) is 20.7 Å². The van der Waals surface area contributed by atoms with Gasteiger partial charge in [0.25, 0.3) is 0 Å². The van der Waals surface area contributed by atoms with Crippen LogP contribution in [0.4, 0.5) is 0 Å². The molecule has 0 aliphatic carbocycles. The third kappa shape index (κ3) is 6.80. The fraction of sp³-hybridized carbons (Fsp3) is 0.750. The number of aliphatic carboxylic acids is 1. The van der Waals surface area contributed by atoms with E-state index < -0.39 is 10.8 Å². The molecule has 1 atom stereocenters. The summed E-state index contributed by atoms with van der Waals surface area (Å²) in [6.07, 6.45) is 0. The molecule has 0 saturated carbocycles. The predicted molar refractivity (Wildman–Crippen MR) is 29.6 cm³/mol. The van der Waals surface area contributed by atoms with Crippen molar-refractivity contribution in [2.75, 3.05) is 13.7 Å². The van der Waals surface area contributed by atoms with Crippen LogP contribution in [0.1, 0.15) is 0 Å². The summed E-state index contributed by atoms with van der Waals surface area (Å²) in [4.78, 5) is 9.16. The predicted octanol–water partition coefficient (Wildman–Crippen LogP) is -3.85. The molecule has 0 spiro atoms. The van der Waals surface area contributed by atoms with Crippen LogP contribution >= 0.6 is 15.9 Å². The molecule has 0 heterocycles. The van der Waals surface area contributed by atoms with E-state index in [1.165, 1.54) is 7.11 Å². The molecule has 5 heteroatoms. The first kappa shape index (κ1) is 12.6. The number of carbonyl (C=O) groups excluding carboxylic acids is 1. The number of carbonyl (C=O) groups is 1. The molecule has 9 heavy (non-hydrogen) atoms. The second-order valence-electron chi connectivity index (χ2n) is 1.24. The third-order valence-electron chi connectivity index (χ3n) is 0.569. The Labute approximate surface area is 84.2 Å². The van der Waals surface area contributed by atoms with Crippen LogP contribution in [0.25, 0.3) is 0 Å². The van der Waals surface area contributed by atoms with Crippen LogP contribution in [-0.2, 0) is 9.53 Å². The average Bonchev–Trinajstić information content (AvgIpc) is 1.67. The molecule has 0 aromatic carbocycles. The third-order valence-corrected chi connectivity index (χ3v) is 1.21. The van der Waals surface area contributed by atoms with Crippen LogP contribution in [0.3, 0.4) is 0 Å². The summed E-state index contributed by atoms with van der Waals surface area (Å²) < 4.78 is 4.50. The molecule has 0 N–H and O–H groups in total. The topological polar surface area (TPSA) is 49.4 Å². The number of ether oxygens (including phenoxy) is 1. The number of alkyl halides is 1. The number of carboxylic acids is 1. The van der Waals surface area contributed by atoms with E-state index in [4.69, 9.17) is 0 Å². The number of rotatable bonds is 3. The van der Waals surface area contributed by atoms with Gasteiger partial charge in [0.05, 0.1) is 17.4 Å². The van der Waals surface area contributed by atoms with E-state index in [-0.39, 0.29) is 36.2 Å². The number of hydrogen-bond acceptors (Lipinski definition) is 3. The van der Waals surface area contributed by atoms with Gasteiger partial charge < -0.3 is 14.6 Å². The second-order valence-corrected chi connectivity index (χ2v) is 2.35. The molecule has 3 nitrogen and oxygen atoms in total. The molecular weight excluding hydrogens is 199 g/mol. The normalized spacial score (nSPS) is 11.8. The number of halogens is 1. The Balaban J connectivity index is 0. The van der Waals surface area contributed by atoms with E-state index in [1.807, 2.05) is 0 Å². The molecule has 0 aromatic heterocycles. The monoisotopic (exact) mass is 204 g/mol. The van der Waals surface area contributed by atoms with Gasteiger partial charge in [0, 0.05) is 7.11 Å². The van der Waals surface area contributed by atoms with Gasteiger partial charge in [0.2, 0.25) is 0 Å². The molecule has 0 radical (unpaired) electrons. The van der Waals surface area contributed by atoms with Crippen molar-refractivity contribution in [3.05, 3.63) is 0 Å². The minimum absolute atomic E-state index is 0. The van der Waals surface area contributed by atoms with Gasteiger partial charge in [0.1, 0.15) is 0 Å². The van der Waals surface area contributed by atoms with Gasteiger partial charge in [-0.25, -0.2) is 0 Å². The molecule has 1 unspecified atom stereocenters. The van der Waals surface area contributed by atoms with E-state index in [0.717, 1.165) is 0 Å². The van der Waals surface area contributed by atoms with Crippen molar-refractivity contribution in [1.82, 2.24) is 0 Å². The fourth-order valence-electron chi connectivity index (χ4n) is 0.214. The van der Waals surface area contributed by atoms with Crippen molar-refractivity contribution in [2.24, 2.45) is 0 Å². The zero-order valence-corrected chi connectivity index (χ0v) is 8.97. The zero-order chi connectivity index (χ0) is 6.57. The Morgan fingerprint density at radius 1 is 1.89 bits per heavy atom. The van der Waals surface area contributed by atoms with Crippen molar-refractivity contribution < 1.29 is 44.2 Å². The summed E-state index contributed by atoms with van der Waals surface area (Å²) in [7, 11) is 1.43. The fourth-order valence-corrected chi connectivity index (χ4v) is 0.479. The summed E-state index contributed by atoms with van der Waals surface area (Å²) in [6.45, 7) is 0.141. The van der Waals surface area contributed by atoms with Gasteiger partial charge in [-0.1, -0.05) is 15.9 Å². The quantitative estimate of drug-likeness (QED) is 0.350. The van der Waals surface area contributed by atoms with Crippen molar-refractivity contribution in [1.29, 1.82) is 0 Å². The average molecular weight is 205 g/mol. The van der Waals surface area contributed by atoms with Gasteiger partial charge in [-0.15, -0.1) is 0 Å². The molecule has 0 amide bonds. The first-order valence-corrected chi connectivity index (χ1v) is 2.94. The Morgan fingerprint density at radius 3 is 2.44 bits per heavy atom. The Kier molecular flexibility index (Phi) is 9.81. The Bertz CT molecular complexity index is 87.9. The Hall–Kier alpha value is 0.910. The summed E-state index contributed by atoms with van der Waals surface area (Å²) in [5, 5.41) is 9.85. The molecule has 0 aliphatic heterocycles. The van der Waals surface area contributed by atoms with Crippen molar-refractivity contribution >= 4 is 21.9 Å². The summed E-state index contributed by atoms with van der Waals surface area (Å²) in [5.74, 6) is -1.15. The Morgan fingerprint density at radius 2 is 2.33 bits per heavy atom. The first-order valence-electron chi connectivity index (χ1n) is 2.02. The van der Waals surface area contributed by atoms with E-state index in [9.17, 15) is 9.90 Å². The van der Waals surface area contributed by atoms with Crippen molar-refractivity contribution in [3.63, 3.8) is 0 Å². The maximum Gasteiger partial charge on any atom is 1.00 e. The minimum atomic E-state index is -1.15. The molecule has 0 rings (SSSR count). The zero-order valence-electron chi connectivity index (χ0n) is 5.39. The van der Waals surface area contributed by atoms with Crippen LogP contribution < -0.4 is 34.7 Å². The van der Waals surface area contributed by atoms with Crippen LogP contribution in [0.2, 0.25) is 0 Å². The number of methoxy groups -OCH3 is 1. The number of carboxylic acid groups (broad SMARTS) is 1. The van der Waals surface area contributed by atoms with Crippen LogP contribution in [-0.4, -0.2) is 24.5 Å². The molecular formula is C4H6BrNaO3. The van der Waals surface area contributed by atoms with Crippen molar-refractivity contribution in [3.8, 4) is 0 Å². The number of hydrogen-bond donors (Lipinski definition) is 0. The SMILES string of the molecule is COCC(Br)C(=O)[O-].[Na+]. The summed E-state index contributed by atoms with van der Waals surface area (Å²) >= 11 is 2.82. The van der Waals surface area contributed by atoms with E-state index in [1.54, 1.807) is 0 Å². The van der Waals surface area contributed by atoms with Gasteiger partial charge in [-0.3, -0.25) is 0 Å². The maximum absolute atomic E-state index is 9.85. The molecule has 0 bridgehead atoms. The second kappa shape index (κ2) is 7.02. The largest absolute Gasteiger partial charge is 1.00 e. The molecule has 0 aliphatic rings. The first-order chi connectivity index (χ1) is 3.68. The summed E-state index contributed by atoms with van der Waals surface area (Å²) in [5.41, 5.74) is 0. The van der Waals surface area contributed by atoms with Gasteiger partial charge in [0.15, 0.2) is 0 Å². The molecule has 0 saturated heterocycles. The molecule has 48 valence electrons. The van der Waals surface area contributed by atoms with Crippen LogP contribution in [0, 0.1) is 0 Å². The maximum atomic E-state index is 9.85.